The molecule has 0 radical (unpaired) electrons. The summed E-state index contributed by atoms with van der Waals surface area (Å²) in [6.07, 6.45) is -4.21. The number of oxime groups is 1. The van der Waals surface area contributed by atoms with E-state index in [0.29, 0.717) is 15.6 Å². The van der Waals surface area contributed by atoms with Gasteiger partial charge < -0.3 is 14.3 Å². The van der Waals surface area contributed by atoms with E-state index in [1.54, 1.807) is 48.5 Å². The lowest BCUT2D eigenvalue weighted by molar-refractivity contribution is -0.0854. The summed E-state index contributed by atoms with van der Waals surface area (Å²) in [7, 11) is -3.40. The molecule has 0 saturated carbocycles. The van der Waals surface area contributed by atoms with E-state index in [9.17, 15) is 8.42 Å². The van der Waals surface area contributed by atoms with E-state index in [4.69, 9.17) is 71.7 Å². The fourth-order valence-electron chi connectivity index (χ4n) is 3.34. The standard InChI is InChI=1S/C26H23Cl5FNO6S/c1-36-33-12-23(32)26(38-14-17-4-8-19(28)9-5-17)24(15-37-13-16-2-6-18(27)7-3-16)39-40(34,35)25-11-21(30)20(29)10-22(25)31/h2-12,23-24,26H,13-15H2,1H3/b33-12+/t23-,24-,26+/m1/s1. The Hall–Kier alpha value is -1.66. The molecular formula is C26H23Cl5FNO6S. The van der Waals surface area contributed by atoms with Crippen LogP contribution in [0, 0.1) is 0 Å². The van der Waals surface area contributed by atoms with Gasteiger partial charge in [-0.25, -0.2) is 4.39 Å². The molecule has 0 aliphatic carbocycles. The van der Waals surface area contributed by atoms with Crippen LogP contribution >= 0.6 is 58.0 Å². The van der Waals surface area contributed by atoms with Gasteiger partial charge in [0, 0.05) is 10.0 Å². The lowest BCUT2D eigenvalue weighted by Gasteiger charge is -2.28. The molecule has 7 nitrogen and oxygen atoms in total. The van der Waals surface area contributed by atoms with E-state index in [1.807, 2.05) is 0 Å². The Morgan fingerprint density at radius 2 is 1.40 bits per heavy atom. The number of rotatable bonds is 14. The smallest absolute Gasteiger partial charge is 0.298 e. The highest BCUT2D eigenvalue weighted by molar-refractivity contribution is 7.87. The van der Waals surface area contributed by atoms with Crippen molar-refractivity contribution in [3.63, 3.8) is 0 Å². The minimum absolute atomic E-state index is 0.0391. The number of hydrogen-bond donors (Lipinski definition) is 0. The predicted octanol–water partition coefficient (Wildman–Crippen LogP) is 7.80. The molecule has 0 aliphatic rings. The van der Waals surface area contributed by atoms with Gasteiger partial charge in [-0.15, -0.1) is 0 Å². The van der Waals surface area contributed by atoms with Crippen LogP contribution in [0.2, 0.25) is 25.1 Å². The number of hydrogen-bond acceptors (Lipinski definition) is 7. The summed E-state index contributed by atoms with van der Waals surface area (Å²) < 4.78 is 59.1. The number of ether oxygens (including phenoxy) is 2. The second-order valence-corrected chi connectivity index (χ2v) is 11.8. The summed E-state index contributed by atoms with van der Waals surface area (Å²) in [6, 6.07) is 15.6. The van der Waals surface area contributed by atoms with Gasteiger partial charge >= 0.3 is 0 Å². The Bertz CT molecular complexity index is 1390. The second kappa shape index (κ2) is 15.5. The number of benzene rings is 3. The molecule has 216 valence electrons. The van der Waals surface area contributed by atoms with E-state index < -0.39 is 40.0 Å². The molecule has 40 heavy (non-hydrogen) atoms. The maximum Gasteiger partial charge on any atom is 0.298 e. The van der Waals surface area contributed by atoms with Crippen molar-refractivity contribution in [3.05, 3.63) is 96.9 Å². The Kier molecular flexibility index (Phi) is 12.8. The molecule has 0 N–H and O–H groups in total. The van der Waals surface area contributed by atoms with Crippen molar-refractivity contribution >= 4 is 74.3 Å². The summed E-state index contributed by atoms with van der Waals surface area (Å²) in [5.74, 6) is 0. The summed E-state index contributed by atoms with van der Waals surface area (Å²) in [5, 5.41) is 4.21. The van der Waals surface area contributed by atoms with Gasteiger partial charge in [0.1, 0.15) is 24.2 Å². The topological polar surface area (TPSA) is 83.4 Å². The monoisotopic (exact) mass is 671 g/mol. The largest absolute Gasteiger partial charge is 0.399 e. The third-order valence-corrected chi connectivity index (χ3v) is 8.33. The molecule has 0 bridgehead atoms. The van der Waals surface area contributed by atoms with Crippen molar-refractivity contribution in [2.75, 3.05) is 13.7 Å². The second-order valence-electron chi connectivity index (χ2n) is 8.21. The van der Waals surface area contributed by atoms with Gasteiger partial charge in [0.15, 0.2) is 6.17 Å². The molecule has 14 heteroatoms. The van der Waals surface area contributed by atoms with Gasteiger partial charge in [0.2, 0.25) is 0 Å². The van der Waals surface area contributed by atoms with E-state index in [1.165, 1.54) is 7.11 Å². The van der Waals surface area contributed by atoms with Crippen LogP contribution in [0.3, 0.4) is 0 Å². The van der Waals surface area contributed by atoms with Gasteiger partial charge in [-0.3, -0.25) is 4.18 Å². The fraction of sp³-hybridized carbons (Fsp3) is 0.269. The van der Waals surface area contributed by atoms with Gasteiger partial charge in [-0.2, -0.15) is 8.42 Å². The van der Waals surface area contributed by atoms with Gasteiger partial charge in [0.25, 0.3) is 10.1 Å². The SMILES string of the molecule is CO/N=C/[C@@H](F)[C@H](OCc1ccc(Cl)cc1)[C@@H](COCc1ccc(Cl)cc1)OS(=O)(=O)c1cc(Cl)c(Cl)cc1Cl. The van der Waals surface area contributed by atoms with Crippen LogP contribution in [-0.4, -0.2) is 46.7 Å². The molecule has 3 aromatic carbocycles. The zero-order valence-electron chi connectivity index (χ0n) is 20.8. The lowest BCUT2D eigenvalue weighted by atomic mass is 10.1. The summed E-state index contributed by atoms with van der Waals surface area (Å²) in [5.41, 5.74) is 1.37. The molecule has 0 unspecified atom stereocenters. The molecule has 0 aliphatic heterocycles. The molecule has 3 rings (SSSR count). The van der Waals surface area contributed by atoms with Crippen LogP contribution in [0.25, 0.3) is 0 Å². The highest BCUT2D eigenvalue weighted by Gasteiger charge is 2.36. The molecule has 3 atom stereocenters. The van der Waals surface area contributed by atoms with E-state index in [0.717, 1.165) is 23.9 Å². The van der Waals surface area contributed by atoms with Gasteiger partial charge in [-0.1, -0.05) is 87.4 Å². The Morgan fingerprint density at radius 1 is 0.850 bits per heavy atom. The first-order chi connectivity index (χ1) is 19.0. The minimum Gasteiger partial charge on any atom is -0.399 e. The number of halogens is 6. The highest BCUT2D eigenvalue weighted by atomic mass is 35.5. The average molecular weight is 674 g/mol. The molecule has 0 amide bonds. The van der Waals surface area contributed by atoms with E-state index in [2.05, 4.69) is 9.99 Å². The van der Waals surface area contributed by atoms with Crippen molar-refractivity contribution < 1.29 is 31.3 Å². The van der Waals surface area contributed by atoms with Crippen molar-refractivity contribution in [2.24, 2.45) is 5.16 Å². The fourth-order valence-corrected chi connectivity index (χ4v) is 5.64. The van der Waals surface area contributed by atoms with Crippen molar-refractivity contribution in [1.29, 1.82) is 0 Å². The maximum atomic E-state index is 15.5. The zero-order chi connectivity index (χ0) is 29.3. The van der Waals surface area contributed by atoms with Crippen molar-refractivity contribution in [1.82, 2.24) is 0 Å². The zero-order valence-corrected chi connectivity index (χ0v) is 25.4. The normalized spacial score (nSPS) is 14.3. The first-order valence-corrected chi connectivity index (χ1v) is 14.8. The third-order valence-electron chi connectivity index (χ3n) is 5.30. The number of alkyl halides is 1. The summed E-state index contributed by atoms with van der Waals surface area (Å²) in [6.45, 7) is -0.487. The van der Waals surface area contributed by atoms with Crippen LogP contribution in [0.1, 0.15) is 11.1 Å². The minimum atomic E-state index is -4.63. The van der Waals surface area contributed by atoms with Crippen molar-refractivity contribution in [3.8, 4) is 0 Å². The Labute approximate surface area is 256 Å². The average Bonchev–Trinajstić information content (AvgIpc) is 2.91. The highest BCUT2D eigenvalue weighted by Crippen LogP contribution is 2.33. The quantitative estimate of drug-likeness (QED) is 0.0752. The van der Waals surface area contributed by atoms with Crippen LogP contribution in [0.4, 0.5) is 4.39 Å². The van der Waals surface area contributed by atoms with Crippen LogP contribution in [-0.2, 0) is 41.8 Å². The van der Waals surface area contributed by atoms with Gasteiger partial charge in [-0.05, 0) is 47.5 Å². The molecule has 0 aromatic heterocycles. The van der Waals surface area contributed by atoms with Gasteiger partial charge in [0.05, 0.1) is 41.1 Å². The predicted molar refractivity (Wildman–Crippen MR) is 155 cm³/mol. The van der Waals surface area contributed by atoms with Crippen LogP contribution < -0.4 is 0 Å². The van der Waals surface area contributed by atoms with Crippen LogP contribution in [0.5, 0.6) is 0 Å². The Balaban J connectivity index is 1.92. The third kappa shape index (κ3) is 9.72. The number of nitrogens with zero attached hydrogens (tertiary/aromatic N) is 1. The summed E-state index contributed by atoms with van der Waals surface area (Å²) >= 11 is 30.0. The van der Waals surface area contributed by atoms with E-state index >= 15 is 4.39 Å². The molecule has 0 heterocycles. The first-order valence-electron chi connectivity index (χ1n) is 11.5. The van der Waals surface area contributed by atoms with Crippen LogP contribution in [0.15, 0.2) is 70.7 Å². The molecular weight excluding hydrogens is 651 g/mol. The first kappa shape index (κ1) is 32.8. The molecule has 0 saturated heterocycles. The maximum absolute atomic E-state index is 15.5. The van der Waals surface area contributed by atoms with Crippen molar-refractivity contribution in [2.45, 2.75) is 36.5 Å². The molecule has 0 spiro atoms. The molecule has 0 fully saturated rings. The summed E-state index contributed by atoms with van der Waals surface area (Å²) in [4.78, 5) is 4.12. The molecule has 3 aromatic rings. The Morgan fingerprint density at radius 3 is 1.98 bits per heavy atom. The lowest BCUT2D eigenvalue weighted by Crippen LogP contribution is -2.44. The van der Waals surface area contributed by atoms with E-state index in [-0.39, 0.29) is 28.3 Å².